The molecule has 2 aromatic rings. The van der Waals surface area contributed by atoms with Crippen LogP contribution in [-0.2, 0) is 6.42 Å². The molecular weight excluding hydrogens is 212 g/mol. The third-order valence-corrected chi connectivity index (χ3v) is 2.57. The van der Waals surface area contributed by atoms with Crippen molar-refractivity contribution >= 4 is 0 Å². The number of aryl methyl sites for hydroxylation is 1. The normalized spacial score (nSPS) is 10.1. The molecule has 0 aliphatic heterocycles. The first kappa shape index (κ1) is 11.4. The van der Waals surface area contributed by atoms with Gasteiger partial charge in [0.1, 0.15) is 5.82 Å². The van der Waals surface area contributed by atoms with E-state index in [-0.39, 0.29) is 0 Å². The number of nitrogens with zero attached hydrogens (tertiary/aromatic N) is 2. The van der Waals surface area contributed by atoms with Crippen molar-refractivity contribution in [1.29, 1.82) is 5.26 Å². The summed E-state index contributed by atoms with van der Waals surface area (Å²) < 4.78 is 0. The molecule has 0 spiro atoms. The van der Waals surface area contributed by atoms with Gasteiger partial charge < -0.3 is 10.7 Å². The monoisotopic (exact) mass is 226 g/mol. The average Bonchev–Trinajstić information content (AvgIpc) is 2.85. The third kappa shape index (κ3) is 2.71. The highest BCUT2D eigenvalue weighted by molar-refractivity contribution is 5.59. The van der Waals surface area contributed by atoms with Gasteiger partial charge in [-0.3, -0.25) is 0 Å². The van der Waals surface area contributed by atoms with E-state index in [1.807, 2.05) is 18.3 Å². The van der Waals surface area contributed by atoms with E-state index in [1.54, 1.807) is 12.1 Å². The first-order valence-corrected chi connectivity index (χ1v) is 5.58. The van der Waals surface area contributed by atoms with Crippen molar-refractivity contribution in [2.75, 3.05) is 6.54 Å². The highest BCUT2D eigenvalue weighted by Gasteiger charge is 2.02. The number of imidazole rings is 1. The van der Waals surface area contributed by atoms with Gasteiger partial charge in [-0.05, 0) is 30.7 Å². The van der Waals surface area contributed by atoms with E-state index < -0.39 is 0 Å². The Bertz CT molecular complexity index is 519. The number of hydrogen-bond donors (Lipinski definition) is 2. The van der Waals surface area contributed by atoms with Gasteiger partial charge in [0.2, 0.25) is 0 Å². The molecule has 0 saturated heterocycles. The first-order valence-electron chi connectivity index (χ1n) is 5.58. The Hall–Kier alpha value is -2.12. The molecule has 1 aromatic carbocycles. The largest absolute Gasteiger partial charge is 0.342 e. The van der Waals surface area contributed by atoms with Gasteiger partial charge in [-0.15, -0.1) is 0 Å². The van der Waals surface area contributed by atoms with Gasteiger partial charge in [-0.2, -0.15) is 5.26 Å². The van der Waals surface area contributed by atoms with Crippen molar-refractivity contribution in [3.8, 4) is 17.3 Å². The van der Waals surface area contributed by atoms with Crippen LogP contribution in [0.15, 0.2) is 30.5 Å². The van der Waals surface area contributed by atoms with Crippen LogP contribution >= 0.6 is 0 Å². The Morgan fingerprint density at radius 2 is 2.06 bits per heavy atom. The minimum atomic E-state index is 0.664. The van der Waals surface area contributed by atoms with Gasteiger partial charge in [0.05, 0.1) is 23.5 Å². The minimum absolute atomic E-state index is 0.664. The van der Waals surface area contributed by atoms with Gasteiger partial charge in [-0.25, -0.2) is 4.98 Å². The fourth-order valence-corrected chi connectivity index (χ4v) is 1.63. The van der Waals surface area contributed by atoms with Crippen LogP contribution in [0, 0.1) is 11.3 Å². The van der Waals surface area contributed by atoms with Crippen LogP contribution in [0.5, 0.6) is 0 Å². The molecule has 4 nitrogen and oxygen atoms in total. The summed E-state index contributed by atoms with van der Waals surface area (Å²) in [5, 5.41) is 8.72. The molecule has 1 heterocycles. The van der Waals surface area contributed by atoms with Crippen molar-refractivity contribution in [1.82, 2.24) is 9.97 Å². The molecule has 0 aliphatic rings. The van der Waals surface area contributed by atoms with Crippen LogP contribution < -0.4 is 5.73 Å². The highest BCUT2D eigenvalue weighted by Crippen LogP contribution is 2.17. The lowest BCUT2D eigenvalue weighted by Crippen LogP contribution is -2.01. The highest BCUT2D eigenvalue weighted by atomic mass is 14.9. The van der Waals surface area contributed by atoms with Crippen LogP contribution in [-0.4, -0.2) is 16.5 Å². The molecule has 4 heteroatoms. The molecule has 0 bridgehead atoms. The molecule has 0 radical (unpaired) electrons. The quantitative estimate of drug-likeness (QED) is 0.834. The lowest BCUT2D eigenvalue weighted by atomic mass is 10.1. The molecule has 0 aliphatic carbocycles. The lowest BCUT2D eigenvalue weighted by Gasteiger charge is -1.97. The van der Waals surface area contributed by atoms with Crippen molar-refractivity contribution < 1.29 is 0 Å². The summed E-state index contributed by atoms with van der Waals surface area (Å²) in [5.74, 6) is 0.954. The number of benzene rings is 1. The Kier molecular flexibility index (Phi) is 3.53. The fraction of sp³-hybridized carbons (Fsp3) is 0.231. The van der Waals surface area contributed by atoms with Gasteiger partial charge in [0.25, 0.3) is 0 Å². The van der Waals surface area contributed by atoms with Crippen molar-refractivity contribution in [2.45, 2.75) is 12.8 Å². The van der Waals surface area contributed by atoms with Crippen LogP contribution in [0.1, 0.15) is 17.8 Å². The van der Waals surface area contributed by atoms with E-state index in [0.29, 0.717) is 12.1 Å². The summed E-state index contributed by atoms with van der Waals surface area (Å²) >= 11 is 0. The molecule has 0 amide bonds. The van der Waals surface area contributed by atoms with Gasteiger partial charge in [0, 0.05) is 6.42 Å². The summed E-state index contributed by atoms with van der Waals surface area (Å²) in [6.07, 6.45) is 3.61. The molecule has 86 valence electrons. The van der Waals surface area contributed by atoms with Crippen molar-refractivity contribution in [3.05, 3.63) is 41.9 Å². The van der Waals surface area contributed by atoms with Crippen molar-refractivity contribution in [2.24, 2.45) is 5.73 Å². The maximum Gasteiger partial charge on any atom is 0.106 e. The van der Waals surface area contributed by atoms with E-state index in [9.17, 15) is 0 Å². The SMILES string of the molecule is N#Cc1ccc(-c2cnc(CCCN)[nH]2)cc1. The zero-order valence-electron chi connectivity index (χ0n) is 9.48. The Morgan fingerprint density at radius 1 is 1.29 bits per heavy atom. The van der Waals surface area contributed by atoms with Crippen LogP contribution in [0.4, 0.5) is 0 Å². The second kappa shape index (κ2) is 5.28. The van der Waals surface area contributed by atoms with Gasteiger partial charge in [-0.1, -0.05) is 12.1 Å². The third-order valence-electron chi connectivity index (χ3n) is 2.57. The Labute approximate surface area is 100 Å². The molecule has 0 atom stereocenters. The molecule has 17 heavy (non-hydrogen) atoms. The molecular formula is C13H14N4. The molecule has 2 rings (SSSR count). The summed E-state index contributed by atoms with van der Waals surface area (Å²) in [4.78, 5) is 7.55. The van der Waals surface area contributed by atoms with Crippen LogP contribution in [0.25, 0.3) is 11.3 Å². The van der Waals surface area contributed by atoms with Gasteiger partial charge >= 0.3 is 0 Å². The van der Waals surface area contributed by atoms with Crippen LogP contribution in [0.2, 0.25) is 0 Å². The van der Waals surface area contributed by atoms with E-state index in [4.69, 9.17) is 11.0 Å². The van der Waals surface area contributed by atoms with E-state index in [0.717, 1.165) is 29.9 Å². The predicted molar refractivity (Wildman–Crippen MR) is 66.1 cm³/mol. The zero-order chi connectivity index (χ0) is 12.1. The number of nitrogens with one attached hydrogen (secondary N) is 1. The number of aromatic amines is 1. The first-order chi connectivity index (χ1) is 8.33. The van der Waals surface area contributed by atoms with Crippen LogP contribution in [0.3, 0.4) is 0 Å². The molecule has 3 N–H and O–H groups in total. The average molecular weight is 226 g/mol. The summed E-state index contributed by atoms with van der Waals surface area (Å²) in [6.45, 7) is 0.674. The predicted octanol–water partition coefficient (Wildman–Crippen LogP) is 1.84. The molecule has 1 aromatic heterocycles. The Balaban J connectivity index is 2.16. The van der Waals surface area contributed by atoms with Gasteiger partial charge in [0.15, 0.2) is 0 Å². The minimum Gasteiger partial charge on any atom is -0.342 e. The van der Waals surface area contributed by atoms with E-state index >= 15 is 0 Å². The van der Waals surface area contributed by atoms with Crippen molar-refractivity contribution in [3.63, 3.8) is 0 Å². The standard InChI is InChI=1S/C13H14N4/c14-7-1-2-13-16-9-12(17-13)11-5-3-10(8-15)4-6-11/h3-6,9H,1-2,7,14H2,(H,16,17). The maximum atomic E-state index is 8.72. The second-order valence-corrected chi connectivity index (χ2v) is 3.82. The number of hydrogen-bond acceptors (Lipinski definition) is 3. The maximum absolute atomic E-state index is 8.72. The number of nitrogens with two attached hydrogens (primary N) is 1. The Morgan fingerprint density at radius 3 is 2.71 bits per heavy atom. The molecule has 0 saturated carbocycles. The zero-order valence-corrected chi connectivity index (χ0v) is 9.48. The number of nitriles is 1. The molecule has 0 fully saturated rings. The number of aromatic nitrogens is 2. The second-order valence-electron chi connectivity index (χ2n) is 3.82. The summed E-state index contributed by atoms with van der Waals surface area (Å²) in [5.41, 5.74) is 8.13. The molecule has 0 unspecified atom stereocenters. The topological polar surface area (TPSA) is 78.5 Å². The lowest BCUT2D eigenvalue weighted by molar-refractivity contribution is 0.794. The van der Waals surface area contributed by atoms with E-state index in [1.165, 1.54) is 0 Å². The number of rotatable bonds is 4. The summed E-state index contributed by atoms with van der Waals surface area (Å²) in [6, 6.07) is 9.53. The van der Waals surface area contributed by atoms with E-state index in [2.05, 4.69) is 16.0 Å². The smallest absolute Gasteiger partial charge is 0.106 e. The number of H-pyrrole nitrogens is 1. The summed E-state index contributed by atoms with van der Waals surface area (Å²) in [7, 11) is 0. The fourth-order valence-electron chi connectivity index (χ4n) is 1.63.